The van der Waals surface area contributed by atoms with Crippen molar-refractivity contribution in [2.24, 2.45) is 0 Å². The summed E-state index contributed by atoms with van der Waals surface area (Å²) >= 11 is 0. The molecular weight excluding hydrogens is 380 g/mol. The molecule has 0 aliphatic carbocycles. The van der Waals surface area contributed by atoms with Gasteiger partial charge in [-0.05, 0) is 65.6 Å². The number of fused-ring (bicyclic) bond motifs is 1. The summed E-state index contributed by atoms with van der Waals surface area (Å²) in [5.41, 5.74) is 2.08. The quantitative estimate of drug-likeness (QED) is 0.653. The molecule has 2 amide bonds. The van der Waals surface area contributed by atoms with Crippen LogP contribution in [0.2, 0.25) is 0 Å². The number of hydrogen-bond donors (Lipinski definition) is 2. The molecule has 1 saturated heterocycles. The van der Waals surface area contributed by atoms with Gasteiger partial charge in [-0.3, -0.25) is 9.59 Å². The highest BCUT2D eigenvalue weighted by atomic mass is 16.5. The summed E-state index contributed by atoms with van der Waals surface area (Å²) in [6.45, 7) is 1.02. The molecule has 1 fully saturated rings. The van der Waals surface area contributed by atoms with E-state index < -0.39 is 6.10 Å². The van der Waals surface area contributed by atoms with E-state index in [1.54, 1.807) is 31.4 Å². The van der Waals surface area contributed by atoms with E-state index in [2.05, 4.69) is 10.6 Å². The molecule has 2 N–H and O–H groups in total. The van der Waals surface area contributed by atoms with Gasteiger partial charge in [0, 0.05) is 24.4 Å². The van der Waals surface area contributed by atoms with Crippen molar-refractivity contribution in [2.75, 3.05) is 19.0 Å². The van der Waals surface area contributed by atoms with Crippen LogP contribution >= 0.6 is 0 Å². The van der Waals surface area contributed by atoms with E-state index in [1.807, 2.05) is 36.4 Å². The average molecular weight is 404 g/mol. The lowest BCUT2D eigenvalue weighted by molar-refractivity contribution is -0.124. The summed E-state index contributed by atoms with van der Waals surface area (Å²) in [6.07, 6.45) is 1.21. The fourth-order valence-corrected chi connectivity index (χ4v) is 3.54. The molecule has 3 aromatic carbocycles. The van der Waals surface area contributed by atoms with Crippen LogP contribution in [0.5, 0.6) is 5.75 Å². The van der Waals surface area contributed by atoms with Crippen LogP contribution in [0.25, 0.3) is 10.8 Å². The molecule has 3 aromatic rings. The Morgan fingerprint density at radius 1 is 1.07 bits per heavy atom. The Balaban J connectivity index is 1.39. The standard InChI is InChI=1S/C24H24N2O4/c1-29-21-10-9-17-12-16(7-8-18(17)14-21)15-25-23(27)19-4-2-5-20(13-19)26-24(28)22-6-3-11-30-22/h2,4-5,7-10,12-14,22H,3,6,11,15H2,1H3,(H,25,27)(H,26,28). The highest BCUT2D eigenvalue weighted by Crippen LogP contribution is 2.22. The molecule has 0 spiro atoms. The number of rotatable bonds is 6. The fourth-order valence-electron chi connectivity index (χ4n) is 3.54. The minimum atomic E-state index is -0.407. The van der Waals surface area contributed by atoms with Crippen molar-refractivity contribution in [3.05, 3.63) is 71.8 Å². The molecule has 1 heterocycles. The highest BCUT2D eigenvalue weighted by molar-refractivity contribution is 5.98. The van der Waals surface area contributed by atoms with Gasteiger partial charge in [0.25, 0.3) is 11.8 Å². The lowest BCUT2D eigenvalue weighted by atomic mass is 10.1. The highest BCUT2D eigenvalue weighted by Gasteiger charge is 2.23. The topological polar surface area (TPSA) is 76.7 Å². The first kappa shape index (κ1) is 19.9. The Labute approximate surface area is 175 Å². The number of nitrogens with one attached hydrogen (secondary N) is 2. The van der Waals surface area contributed by atoms with Gasteiger partial charge in [-0.2, -0.15) is 0 Å². The van der Waals surface area contributed by atoms with Crippen LogP contribution in [0.3, 0.4) is 0 Å². The zero-order valence-electron chi connectivity index (χ0n) is 16.8. The van der Waals surface area contributed by atoms with Gasteiger partial charge in [0.05, 0.1) is 7.11 Å². The molecule has 30 heavy (non-hydrogen) atoms. The van der Waals surface area contributed by atoms with Crippen LogP contribution in [0, 0.1) is 0 Å². The maximum absolute atomic E-state index is 12.6. The van der Waals surface area contributed by atoms with Gasteiger partial charge in [-0.25, -0.2) is 0 Å². The first-order valence-corrected chi connectivity index (χ1v) is 10.00. The number of carbonyl (C=O) groups is 2. The Kier molecular flexibility index (Phi) is 5.95. The largest absolute Gasteiger partial charge is 0.497 e. The van der Waals surface area contributed by atoms with E-state index in [9.17, 15) is 9.59 Å². The van der Waals surface area contributed by atoms with Crippen molar-refractivity contribution >= 4 is 28.3 Å². The first-order chi connectivity index (χ1) is 14.6. The molecular formula is C24H24N2O4. The molecule has 0 bridgehead atoms. The van der Waals surface area contributed by atoms with Crippen molar-refractivity contribution in [1.29, 1.82) is 0 Å². The van der Waals surface area contributed by atoms with E-state index in [0.717, 1.165) is 34.9 Å². The molecule has 1 aliphatic rings. The Bertz CT molecular complexity index is 1070. The van der Waals surface area contributed by atoms with Crippen molar-refractivity contribution in [2.45, 2.75) is 25.5 Å². The number of benzene rings is 3. The molecule has 0 radical (unpaired) electrons. The predicted molar refractivity (Wildman–Crippen MR) is 116 cm³/mol. The summed E-state index contributed by atoms with van der Waals surface area (Å²) in [7, 11) is 1.65. The van der Waals surface area contributed by atoms with E-state index >= 15 is 0 Å². The summed E-state index contributed by atoms with van der Waals surface area (Å²) in [5.74, 6) is 0.450. The van der Waals surface area contributed by atoms with Crippen molar-refractivity contribution < 1.29 is 19.1 Å². The van der Waals surface area contributed by atoms with Gasteiger partial charge in [-0.1, -0.05) is 24.3 Å². The summed E-state index contributed by atoms with van der Waals surface area (Å²) in [4.78, 5) is 24.8. The lowest BCUT2D eigenvalue weighted by Crippen LogP contribution is -2.27. The Morgan fingerprint density at radius 3 is 2.70 bits per heavy atom. The van der Waals surface area contributed by atoms with E-state index in [1.165, 1.54) is 0 Å². The second-order valence-corrected chi connectivity index (χ2v) is 7.30. The molecule has 154 valence electrons. The monoisotopic (exact) mass is 404 g/mol. The molecule has 0 saturated carbocycles. The van der Waals surface area contributed by atoms with Crippen molar-refractivity contribution in [3.63, 3.8) is 0 Å². The maximum atomic E-state index is 12.6. The SMILES string of the molecule is COc1ccc2cc(CNC(=O)c3cccc(NC(=O)C4CCCO4)c3)ccc2c1. The molecule has 1 atom stereocenters. The van der Waals surface area contributed by atoms with E-state index in [4.69, 9.17) is 9.47 Å². The number of ether oxygens (including phenoxy) is 2. The predicted octanol–water partition coefficient (Wildman–Crippen LogP) is 3.90. The summed E-state index contributed by atoms with van der Waals surface area (Å²) in [6, 6.07) is 18.9. The third-order valence-electron chi connectivity index (χ3n) is 5.18. The maximum Gasteiger partial charge on any atom is 0.253 e. The molecule has 4 rings (SSSR count). The van der Waals surface area contributed by atoms with Crippen LogP contribution in [-0.2, 0) is 16.1 Å². The van der Waals surface area contributed by atoms with Gasteiger partial charge in [0.15, 0.2) is 0 Å². The van der Waals surface area contributed by atoms with Gasteiger partial charge < -0.3 is 20.1 Å². The Hall–Kier alpha value is -3.38. The van der Waals surface area contributed by atoms with Crippen LogP contribution < -0.4 is 15.4 Å². The third kappa shape index (κ3) is 4.60. The average Bonchev–Trinajstić information content (AvgIpc) is 3.32. The molecule has 1 unspecified atom stereocenters. The number of anilines is 1. The fraction of sp³-hybridized carbons (Fsp3) is 0.250. The van der Waals surface area contributed by atoms with Crippen LogP contribution in [0.15, 0.2) is 60.7 Å². The Morgan fingerprint density at radius 2 is 1.90 bits per heavy atom. The normalized spacial score (nSPS) is 15.7. The van der Waals surface area contributed by atoms with Gasteiger partial charge in [-0.15, -0.1) is 0 Å². The second kappa shape index (κ2) is 8.97. The minimum absolute atomic E-state index is 0.169. The number of carbonyl (C=O) groups excluding carboxylic acids is 2. The van der Waals surface area contributed by atoms with Crippen molar-refractivity contribution in [3.8, 4) is 5.75 Å². The zero-order chi connectivity index (χ0) is 20.9. The van der Waals surface area contributed by atoms with Gasteiger partial charge in [0.2, 0.25) is 0 Å². The first-order valence-electron chi connectivity index (χ1n) is 10.00. The number of methoxy groups -OCH3 is 1. The van der Waals surface area contributed by atoms with Gasteiger partial charge >= 0.3 is 0 Å². The molecule has 0 aromatic heterocycles. The number of amides is 2. The zero-order valence-corrected chi connectivity index (χ0v) is 16.8. The summed E-state index contributed by atoms with van der Waals surface area (Å²) < 4.78 is 10.7. The second-order valence-electron chi connectivity index (χ2n) is 7.30. The number of hydrogen-bond acceptors (Lipinski definition) is 4. The van der Waals surface area contributed by atoms with E-state index in [-0.39, 0.29) is 11.8 Å². The third-order valence-corrected chi connectivity index (χ3v) is 5.18. The minimum Gasteiger partial charge on any atom is -0.497 e. The molecule has 6 nitrogen and oxygen atoms in total. The molecule has 1 aliphatic heterocycles. The smallest absolute Gasteiger partial charge is 0.253 e. The molecule has 6 heteroatoms. The van der Waals surface area contributed by atoms with Crippen molar-refractivity contribution in [1.82, 2.24) is 5.32 Å². The van der Waals surface area contributed by atoms with Crippen LogP contribution in [0.4, 0.5) is 5.69 Å². The summed E-state index contributed by atoms with van der Waals surface area (Å²) in [5, 5.41) is 7.93. The van der Waals surface area contributed by atoms with Crippen LogP contribution in [0.1, 0.15) is 28.8 Å². The van der Waals surface area contributed by atoms with Crippen LogP contribution in [-0.4, -0.2) is 31.6 Å². The lowest BCUT2D eigenvalue weighted by Gasteiger charge is -2.12. The van der Waals surface area contributed by atoms with E-state index in [0.29, 0.717) is 24.4 Å². The van der Waals surface area contributed by atoms with Gasteiger partial charge in [0.1, 0.15) is 11.9 Å².